The van der Waals surface area contributed by atoms with Gasteiger partial charge in [0.25, 0.3) is 11.5 Å². The van der Waals surface area contributed by atoms with Gasteiger partial charge in [0.1, 0.15) is 5.82 Å². The van der Waals surface area contributed by atoms with E-state index < -0.39 is 11.9 Å². The van der Waals surface area contributed by atoms with E-state index in [0.29, 0.717) is 41.0 Å². The number of amides is 1. The second kappa shape index (κ2) is 8.68. The number of H-pyrrole nitrogens is 1. The number of rotatable bonds is 7. The maximum atomic E-state index is 12.0. The molecule has 0 atom stereocenters. The number of carbonyl (C=O) groups is 2. The molecule has 0 radical (unpaired) electrons. The van der Waals surface area contributed by atoms with Crippen LogP contribution in [0.4, 0.5) is 5.69 Å². The number of nitrogens with one attached hydrogen (secondary N) is 2. The highest BCUT2D eigenvalue weighted by atomic mass is 16.5. The third-order valence-corrected chi connectivity index (χ3v) is 4.59. The molecule has 0 spiro atoms. The normalized spacial score (nSPS) is 10.9. The predicted molar refractivity (Wildman–Crippen MR) is 108 cm³/mol. The molecule has 0 saturated heterocycles. The van der Waals surface area contributed by atoms with Crippen molar-refractivity contribution in [1.82, 2.24) is 19.7 Å². The van der Waals surface area contributed by atoms with Crippen molar-refractivity contribution in [3.05, 3.63) is 51.8 Å². The summed E-state index contributed by atoms with van der Waals surface area (Å²) in [5.74, 6) is -0.386. The standard InChI is InChI=1S/C20H23N5O4/c1-12-19(13(2)25(3)24-12)23-17(26)11-29-18(27)10-6-9-16-21-15-8-5-4-7-14(15)20(28)22-16/h4-5,7-8H,6,9-11H2,1-3H3,(H,23,26)(H,21,22,28). The van der Waals surface area contributed by atoms with Crippen molar-refractivity contribution >= 4 is 28.5 Å². The smallest absolute Gasteiger partial charge is 0.306 e. The minimum absolute atomic E-state index is 0.120. The minimum atomic E-state index is -0.483. The van der Waals surface area contributed by atoms with Crippen LogP contribution in [0.5, 0.6) is 0 Å². The van der Waals surface area contributed by atoms with Crippen LogP contribution in [-0.2, 0) is 27.8 Å². The van der Waals surface area contributed by atoms with Crippen LogP contribution in [0.2, 0.25) is 0 Å². The Morgan fingerprint density at radius 1 is 1.24 bits per heavy atom. The molecule has 0 aliphatic heterocycles. The summed E-state index contributed by atoms with van der Waals surface area (Å²) in [6.45, 7) is 3.27. The topological polar surface area (TPSA) is 119 Å². The average molecular weight is 397 g/mol. The summed E-state index contributed by atoms with van der Waals surface area (Å²) in [4.78, 5) is 43.1. The molecule has 1 aromatic carbocycles. The number of carbonyl (C=O) groups excluding carboxylic acids is 2. The quantitative estimate of drug-likeness (QED) is 0.587. The minimum Gasteiger partial charge on any atom is -0.456 e. The zero-order valence-corrected chi connectivity index (χ0v) is 16.6. The Morgan fingerprint density at radius 3 is 2.72 bits per heavy atom. The largest absolute Gasteiger partial charge is 0.456 e. The third-order valence-electron chi connectivity index (χ3n) is 4.59. The fraction of sp³-hybridized carbons (Fsp3) is 0.350. The maximum absolute atomic E-state index is 12.0. The molecule has 0 aliphatic rings. The first-order chi connectivity index (χ1) is 13.8. The molecule has 3 rings (SSSR count). The number of benzene rings is 1. The second-order valence-corrected chi connectivity index (χ2v) is 6.76. The van der Waals surface area contributed by atoms with Crippen molar-refractivity contribution in [2.45, 2.75) is 33.1 Å². The number of aryl methyl sites for hydroxylation is 3. The lowest BCUT2D eigenvalue weighted by atomic mass is 10.2. The van der Waals surface area contributed by atoms with E-state index >= 15 is 0 Å². The highest BCUT2D eigenvalue weighted by Crippen LogP contribution is 2.18. The molecule has 2 heterocycles. The Kier molecular flexibility index (Phi) is 6.06. The van der Waals surface area contributed by atoms with Gasteiger partial charge in [0, 0.05) is 19.9 Å². The summed E-state index contributed by atoms with van der Waals surface area (Å²) >= 11 is 0. The highest BCUT2D eigenvalue weighted by Gasteiger charge is 2.14. The Balaban J connectivity index is 1.45. The van der Waals surface area contributed by atoms with Gasteiger partial charge in [-0.1, -0.05) is 12.1 Å². The van der Waals surface area contributed by atoms with Crippen LogP contribution >= 0.6 is 0 Å². The number of aromatic nitrogens is 4. The number of aromatic amines is 1. The van der Waals surface area contributed by atoms with Gasteiger partial charge >= 0.3 is 5.97 Å². The molecular weight excluding hydrogens is 374 g/mol. The van der Waals surface area contributed by atoms with Crippen molar-refractivity contribution in [2.24, 2.45) is 7.05 Å². The number of nitrogens with zero attached hydrogens (tertiary/aromatic N) is 3. The Bertz CT molecular complexity index is 1120. The lowest BCUT2D eigenvalue weighted by Crippen LogP contribution is -2.21. The van der Waals surface area contributed by atoms with E-state index in [4.69, 9.17) is 4.74 Å². The number of para-hydroxylation sites is 1. The molecule has 2 N–H and O–H groups in total. The van der Waals surface area contributed by atoms with Crippen molar-refractivity contribution in [2.75, 3.05) is 11.9 Å². The Labute approximate surface area is 167 Å². The van der Waals surface area contributed by atoms with Gasteiger partial charge in [-0.25, -0.2) is 4.98 Å². The van der Waals surface area contributed by atoms with Crippen molar-refractivity contribution in [1.29, 1.82) is 0 Å². The number of hydrogen-bond donors (Lipinski definition) is 2. The summed E-state index contributed by atoms with van der Waals surface area (Å²) in [6, 6.07) is 7.08. The van der Waals surface area contributed by atoms with Crippen LogP contribution in [0.25, 0.3) is 10.9 Å². The van der Waals surface area contributed by atoms with Crippen molar-refractivity contribution < 1.29 is 14.3 Å². The molecule has 152 valence electrons. The molecule has 2 aromatic heterocycles. The van der Waals surface area contributed by atoms with E-state index in [9.17, 15) is 14.4 Å². The lowest BCUT2D eigenvalue weighted by Gasteiger charge is -2.07. The van der Waals surface area contributed by atoms with Gasteiger partial charge in [-0.15, -0.1) is 0 Å². The fourth-order valence-corrected chi connectivity index (χ4v) is 3.00. The predicted octanol–water partition coefficient (Wildman–Crippen LogP) is 1.78. The van der Waals surface area contributed by atoms with Crippen molar-refractivity contribution in [3.8, 4) is 0 Å². The van der Waals surface area contributed by atoms with Gasteiger partial charge in [-0.2, -0.15) is 5.10 Å². The summed E-state index contributed by atoms with van der Waals surface area (Å²) in [5, 5.41) is 7.46. The van der Waals surface area contributed by atoms with E-state index in [1.54, 1.807) is 36.9 Å². The lowest BCUT2D eigenvalue weighted by molar-refractivity contribution is -0.147. The van der Waals surface area contributed by atoms with Crippen LogP contribution in [0.15, 0.2) is 29.1 Å². The number of fused-ring (bicyclic) bond motifs is 1. The molecule has 3 aromatic rings. The first kappa shape index (κ1) is 20.2. The fourth-order valence-electron chi connectivity index (χ4n) is 3.00. The zero-order chi connectivity index (χ0) is 21.0. The van der Waals surface area contributed by atoms with Gasteiger partial charge in [0.2, 0.25) is 0 Å². The van der Waals surface area contributed by atoms with Gasteiger partial charge in [-0.3, -0.25) is 19.1 Å². The molecule has 9 nitrogen and oxygen atoms in total. The van der Waals surface area contributed by atoms with Crippen LogP contribution in [0, 0.1) is 13.8 Å². The SMILES string of the molecule is Cc1nn(C)c(C)c1NC(=O)COC(=O)CCCc1nc2ccccc2c(=O)[nH]1. The van der Waals surface area contributed by atoms with Crippen molar-refractivity contribution in [3.63, 3.8) is 0 Å². The molecule has 0 fully saturated rings. The third kappa shape index (κ3) is 4.87. The van der Waals surface area contributed by atoms with Gasteiger partial charge < -0.3 is 15.0 Å². The van der Waals surface area contributed by atoms with Crippen LogP contribution in [0.1, 0.15) is 30.1 Å². The maximum Gasteiger partial charge on any atom is 0.306 e. The van der Waals surface area contributed by atoms with E-state index in [1.165, 1.54) is 0 Å². The molecular formula is C20H23N5O4. The van der Waals surface area contributed by atoms with Gasteiger partial charge in [-0.05, 0) is 32.4 Å². The number of hydrogen-bond acceptors (Lipinski definition) is 6. The first-order valence-corrected chi connectivity index (χ1v) is 9.28. The van der Waals surface area contributed by atoms with Crippen LogP contribution in [-0.4, -0.2) is 38.2 Å². The summed E-state index contributed by atoms with van der Waals surface area (Å²) in [5.41, 5.74) is 2.55. The molecule has 0 aliphatic carbocycles. The molecule has 29 heavy (non-hydrogen) atoms. The summed E-state index contributed by atoms with van der Waals surface area (Å²) in [7, 11) is 1.79. The van der Waals surface area contributed by atoms with Crippen LogP contribution < -0.4 is 10.9 Å². The summed E-state index contributed by atoms with van der Waals surface area (Å²) < 4.78 is 6.69. The molecule has 9 heteroatoms. The Hall–Kier alpha value is -3.49. The molecule has 0 unspecified atom stereocenters. The zero-order valence-electron chi connectivity index (χ0n) is 16.6. The number of esters is 1. The average Bonchev–Trinajstić information content (AvgIpc) is 2.92. The van der Waals surface area contributed by atoms with E-state index in [-0.39, 0.29) is 18.6 Å². The number of ether oxygens (including phenoxy) is 1. The first-order valence-electron chi connectivity index (χ1n) is 9.28. The van der Waals surface area contributed by atoms with Gasteiger partial charge in [0.05, 0.1) is 28.0 Å². The monoisotopic (exact) mass is 397 g/mol. The number of anilines is 1. The second-order valence-electron chi connectivity index (χ2n) is 6.76. The summed E-state index contributed by atoms with van der Waals surface area (Å²) in [6.07, 6.45) is 0.993. The molecule has 0 bridgehead atoms. The molecule has 0 saturated carbocycles. The Morgan fingerprint density at radius 2 is 2.00 bits per heavy atom. The van der Waals surface area contributed by atoms with Crippen LogP contribution in [0.3, 0.4) is 0 Å². The molecule has 1 amide bonds. The van der Waals surface area contributed by atoms with E-state index in [0.717, 1.165) is 5.69 Å². The van der Waals surface area contributed by atoms with E-state index in [2.05, 4.69) is 20.4 Å². The van der Waals surface area contributed by atoms with Gasteiger partial charge in [0.15, 0.2) is 6.61 Å². The van der Waals surface area contributed by atoms with E-state index in [1.807, 2.05) is 13.0 Å². The highest BCUT2D eigenvalue weighted by molar-refractivity contribution is 5.93.